The summed E-state index contributed by atoms with van der Waals surface area (Å²) in [6.45, 7) is 2.78. The van der Waals surface area contributed by atoms with Crippen molar-refractivity contribution < 1.29 is 19.1 Å². The zero-order valence-corrected chi connectivity index (χ0v) is 19.7. The lowest BCUT2D eigenvalue weighted by molar-refractivity contribution is -0.133. The largest absolute Gasteiger partial charge is 0.383 e. The Kier molecular flexibility index (Phi) is 5.89. The molecule has 1 atom stereocenters. The SMILES string of the molecule is COCCNC(=O)C1(C)Cn2cnc(C(=O)Nc3cccc4c3CCCC4)c2C(=O)N1C1CC1. The van der Waals surface area contributed by atoms with Crippen molar-refractivity contribution in [3.63, 3.8) is 0 Å². The number of anilines is 1. The first kappa shape index (κ1) is 22.6. The van der Waals surface area contributed by atoms with E-state index in [0.29, 0.717) is 13.2 Å². The third-order valence-corrected chi connectivity index (χ3v) is 7.12. The fourth-order valence-electron chi connectivity index (χ4n) is 5.26. The van der Waals surface area contributed by atoms with Gasteiger partial charge in [0.2, 0.25) is 5.91 Å². The highest BCUT2D eigenvalue weighted by Gasteiger charge is 2.53. The first-order valence-electron chi connectivity index (χ1n) is 12.0. The smallest absolute Gasteiger partial charge is 0.276 e. The molecule has 2 N–H and O–H groups in total. The third kappa shape index (κ3) is 3.87. The topological polar surface area (TPSA) is 106 Å². The standard InChI is InChI=1S/C25H31N5O4/c1-25(24(33)26-12-13-34-2)14-29-15-27-20(21(29)23(32)30(25)17-10-11-17)22(31)28-19-9-5-7-16-6-3-4-8-18(16)19/h5,7,9,15,17H,3-4,6,8,10-14H2,1-2H3,(H,26,33)(H,28,31). The second kappa shape index (κ2) is 8.87. The molecule has 9 heteroatoms. The molecule has 1 aliphatic heterocycles. The molecule has 34 heavy (non-hydrogen) atoms. The summed E-state index contributed by atoms with van der Waals surface area (Å²) in [4.78, 5) is 46.1. The van der Waals surface area contributed by atoms with Crippen LogP contribution in [-0.2, 0) is 28.9 Å². The van der Waals surface area contributed by atoms with Crippen molar-refractivity contribution in [2.45, 2.75) is 63.6 Å². The fraction of sp³-hybridized carbons (Fsp3) is 0.520. The molecule has 2 heterocycles. The normalized spacial score (nSPS) is 21.6. The van der Waals surface area contributed by atoms with Gasteiger partial charge in [-0.2, -0.15) is 0 Å². The molecular weight excluding hydrogens is 434 g/mol. The average Bonchev–Trinajstić information content (AvgIpc) is 3.57. The highest BCUT2D eigenvalue weighted by Crippen LogP contribution is 2.39. The van der Waals surface area contributed by atoms with Crippen LogP contribution >= 0.6 is 0 Å². The molecule has 5 rings (SSSR count). The van der Waals surface area contributed by atoms with Crippen molar-refractivity contribution in [2.24, 2.45) is 0 Å². The number of aryl methyl sites for hydroxylation is 1. The second-order valence-electron chi connectivity index (χ2n) is 9.60. The number of imidazole rings is 1. The maximum absolute atomic E-state index is 13.7. The van der Waals surface area contributed by atoms with Gasteiger partial charge >= 0.3 is 0 Å². The number of rotatable bonds is 7. The van der Waals surface area contributed by atoms with E-state index in [1.165, 1.54) is 17.5 Å². The Hall–Kier alpha value is -3.20. The van der Waals surface area contributed by atoms with E-state index < -0.39 is 11.4 Å². The Morgan fingerprint density at radius 3 is 2.79 bits per heavy atom. The number of nitrogens with zero attached hydrogens (tertiary/aromatic N) is 3. The van der Waals surface area contributed by atoms with Crippen LogP contribution in [0.15, 0.2) is 24.5 Å². The number of ether oxygens (including phenoxy) is 1. The van der Waals surface area contributed by atoms with E-state index in [0.717, 1.165) is 44.2 Å². The Bertz CT molecular complexity index is 1140. The van der Waals surface area contributed by atoms with Crippen LogP contribution in [-0.4, -0.2) is 64.0 Å². The van der Waals surface area contributed by atoms with Gasteiger partial charge in [-0.05, 0) is 62.6 Å². The zero-order chi connectivity index (χ0) is 23.9. The summed E-state index contributed by atoms with van der Waals surface area (Å²) in [5.74, 6) is -0.952. The minimum absolute atomic E-state index is 0.00798. The summed E-state index contributed by atoms with van der Waals surface area (Å²) >= 11 is 0. The van der Waals surface area contributed by atoms with E-state index in [4.69, 9.17) is 4.74 Å². The monoisotopic (exact) mass is 465 g/mol. The first-order valence-corrected chi connectivity index (χ1v) is 12.0. The number of carbonyl (C=O) groups is 3. The van der Waals surface area contributed by atoms with Crippen LogP contribution in [0.3, 0.4) is 0 Å². The molecule has 2 aliphatic carbocycles. The third-order valence-electron chi connectivity index (χ3n) is 7.12. The minimum atomic E-state index is -1.06. The summed E-state index contributed by atoms with van der Waals surface area (Å²) in [6.07, 6.45) is 7.38. The van der Waals surface area contributed by atoms with E-state index in [1.807, 2.05) is 12.1 Å². The predicted octanol–water partition coefficient (Wildman–Crippen LogP) is 2.15. The summed E-state index contributed by atoms with van der Waals surface area (Å²) in [7, 11) is 1.57. The maximum Gasteiger partial charge on any atom is 0.276 e. The van der Waals surface area contributed by atoms with Crippen LogP contribution in [0.2, 0.25) is 0 Å². The molecule has 1 aromatic carbocycles. The number of aromatic nitrogens is 2. The average molecular weight is 466 g/mol. The zero-order valence-electron chi connectivity index (χ0n) is 19.7. The van der Waals surface area contributed by atoms with E-state index in [9.17, 15) is 14.4 Å². The van der Waals surface area contributed by atoms with E-state index in [2.05, 4.69) is 21.7 Å². The lowest BCUT2D eigenvalue weighted by atomic mass is 9.90. The van der Waals surface area contributed by atoms with E-state index in [-0.39, 0.29) is 35.8 Å². The van der Waals surface area contributed by atoms with Gasteiger partial charge in [-0.25, -0.2) is 4.98 Å². The molecule has 1 saturated carbocycles. The lowest BCUT2D eigenvalue weighted by Crippen LogP contribution is -2.65. The van der Waals surface area contributed by atoms with Gasteiger partial charge in [0.25, 0.3) is 11.8 Å². The van der Waals surface area contributed by atoms with Gasteiger partial charge in [0.1, 0.15) is 11.2 Å². The van der Waals surface area contributed by atoms with Crippen molar-refractivity contribution in [1.29, 1.82) is 0 Å². The molecule has 1 aromatic heterocycles. The Labute approximate surface area is 198 Å². The quantitative estimate of drug-likeness (QED) is 0.610. The minimum Gasteiger partial charge on any atom is -0.383 e. The number of benzene rings is 1. The number of carbonyl (C=O) groups excluding carboxylic acids is 3. The van der Waals surface area contributed by atoms with Gasteiger partial charge in [-0.15, -0.1) is 0 Å². The Balaban J connectivity index is 1.43. The van der Waals surface area contributed by atoms with Gasteiger partial charge in [-0.3, -0.25) is 14.4 Å². The van der Waals surface area contributed by atoms with Crippen LogP contribution in [0.25, 0.3) is 0 Å². The van der Waals surface area contributed by atoms with Gasteiger partial charge < -0.3 is 24.8 Å². The fourth-order valence-corrected chi connectivity index (χ4v) is 5.26. The molecule has 0 saturated heterocycles. The van der Waals surface area contributed by atoms with Crippen LogP contribution < -0.4 is 10.6 Å². The summed E-state index contributed by atoms with van der Waals surface area (Å²) < 4.78 is 6.68. The molecule has 0 spiro atoms. The number of hydrogen-bond donors (Lipinski definition) is 2. The van der Waals surface area contributed by atoms with Crippen molar-refractivity contribution in [1.82, 2.24) is 19.8 Å². The molecular formula is C25H31N5O4. The molecule has 180 valence electrons. The number of fused-ring (bicyclic) bond motifs is 2. The van der Waals surface area contributed by atoms with Crippen LogP contribution in [0.4, 0.5) is 5.69 Å². The highest BCUT2D eigenvalue weighted by molar-refractivity contribution is 6.12. The molecule has 0 bridgehead atoms. The van der Waals surface area contributed by atoms with Crippen LogP contribution in [0, 0.1) is 0 Å². The highest BCUT2D eigenvalue weighted by atomic mass is 16.5. The summed E-state index contributed by atoms with van der Waals surface area (Å²) in [5, 5.41) is 5.88. The number of nitrogens with one attached hydrogen (secondary N) is 2. The van der Waals surface area contributed by atoms with Crippen molar-refractivity contribution in [2.75, 3.05) is 25.6 Å². The molecule has 1 fully saturated rings. The first-order chi connectivity index (χ1) is 16.4. The van der Waals surface area contributed by atoms with Crippen molar-refractivity contribution in [3.8, 4) is 0 Å². The van der Waals surface area contributed by atoms with E-state index in [1.54, 1.807) is 23.5 Å². The van der Waals surface area contributed by atoms with Gasteiger partial charge in [0.05, 0.1) is 19.5 Å². The summed E-state index contributed by atoms with van der Waals surface area (Å²) in [6, 6.07) is 5.96. The Morgan fingerprint density at radius 1 is 1.24 bits per heavy atom. The molecule has 3 aliphatic rings. The second-order valence-corrected chi connectivity index (χ2v) is 9.60. The molecule has 0 radical (unpaired) electrons. The van der Waals surface area contributed by atoms with Crippen LogP contribution in [0.1, 0.15) is 64.7 Å². The van der Waals surface area contributed by atoms with Crippen molar-refractivity contribution >= 4 is 23.4 Å². The number of amides is 3. The Morgan fingerprint density at radius 2 is 2.03 bits per heavy atom. The van der Waals surface area contributed by atoms with Gasteiger partial charge in [0.15, 0.2) is 5.69 Å². The summed E-state index contributed by atoms with van der Waals surface area (Å²) in [5.41, 5.74) is 2.51. The maximum atomic E-state index is 13.7. The number of hydrogen-bond acceptors (Lipinski definition) is 5. The molecule has 2 aromatic rings. The molecule has 9 nitrogen and oxygen atoms in total. The van der Waals surface area contributed by atoms with E-state index >= 15 is 0 Å². The van der Waals surface area contributed by atoms with Crippen LogP contribution in [0.5, 0.6) is 0 Å². The van der Waals surface area contributed by atoms with Gasteiger partial charge in [-0.1, -0.05) is 12.1 Å². The molecule has 3 amide bonds. The van der Waals surface area contributed by atoms with Crippen molar-refractivity contribution in [3.05, 3.63) is 47.0 Å². The predicted molar refractivity (Wildman–Crippen MR) is 126 cm³/mol. The lowest BCUT2D eigenvalue weighted by Gasteiger charge is -2.44. The number of methoxy groups -OCH3 is 1. The molecule has 1 unspecified atom stereocenters. The van der Waals surface area contributed by atoms with Gasteiger partial charge in [0, 0.05) is 25.4 Å².